The molecule has 2 aliphatic rings. The van der Waals surface area contributed by atoms with Gasteiger partial charge in [0.05, 0.1) is 5.56 Å². The number of aryl methyl sites for hydroxylation is 3. The summed E-state index contributed by atoms with van der Waals surface area (Å²) < 4.78 is 5.89. The lowest BCUT2D eigenvalue weighted by atomic mass is 9.88. The molecule has 1 N–H and O–H groups in total. The van der Waals surface area contributed by atoms with Gasteiger partial charge in [-0.25, -0.2) is 4.79 Å². The Bertz CT molecular complexity index is 1520. The molecule has 9 nitrogen and oxygen atoms in total. The van der Waals surface area contributed by atoms with Crippen molar-refractivity contribution in [3.05, 3.63) is 44.3 Å². The fourth-order valence-electron chi connectivity index (χ4n) is 6.10. The Morgan fingerprint density at radius 1 is 1.19 bits per heavy atom. The number of thioether (sulfide) groups is 1. The van der Waals surface area contributed by atoms with Crippen molar-refractivity contribution < 1.29 is 18.8 Å². The largest absolute Gasteiger partial charge is 0.422 e. The SMILES string of the molecule is CCCCCCCC(=O)SC[C@@H](C(=O)NC)N(C)C(=O)/C(C#N)=C/c1c(C)c2cc3c4c(c2oc1=O)CCCN4CCC3. The van der Waals surface area contributed by atoms with E-state index in [4.69, 9.17) is 4.42 Å². The monoisotopic (exact) mass is 606 g/mol. The molecule has 2 amide bonds. The molecular weight excluding hydrogens is 564 g/mol. The average Bonchev–Trinajstić information content (AvgIpc) is 3.01. The standard InChI is InChI=1S/C33H42N4O5S/c1-5-6-7-8-9-14-28(38)43-20-27(31(39)35-3)36(4)32(40)23(19-34)18-26-21(2)25-17-22-12-10-15-37-16-11-13-24(29(22)37)30(25)42-33(26)41/h17-18,27H,5-16,20H2,1-4H3,(H,35,39)/b23-18+/t27-/m0/s1. The summed E-state index contributed by atoms with van der Waals surface area (Å²) in [6, 6.07) is 3.03. The molecule has 4 rings (SSSR count). The molecule has 0 bridgehead atoms. The number of carbonyl (C=O) groups is 3. The second-order valence-corrected chi connectivity index (χ2v) is 12.5. The predicted octanol–water partition coefficient (Wildman–Crippen LogP) is 4.90. The third-order valence-corrected chi connectivity index (χ3v) is 9.57. The molecule has 0 fully saturated rings. The van der Waals surface area contributed by atoms with Crippen LogP contribution in [-0.4, -0.2) is 60.8 Å². The van der Waals surface area contributed by atoms with Crippen molar-refractivity contribution in [1.82, 2.24) is 10.2 Å². The van der Waals surface area contributed by atoms with Crippen LogP contribution in [0.1, 0.15) is 80.5 Å². The molecule has 43 heavy (non-hydrogen) atoms. The van der Waals surface area contributed by atoms with Gasteiger partial charge in [0.25, 0.3) is 5.91 Å². The number of anilines is 1. The number of unbranched alkanes of at least 4 members (excludes halogenated alkanes) is 4. The molecule has 2 aliphatic heterocycles. The second kappa shape index (κ2) is 14.7. The smallest absolute Gasteiger partial charge is 0.343 e. The second-order valence-electron chi connectivity index (χ2n) is 11.4. The molecule has 230 valence electrons. The molecule has 0 spiro atoms. The van der Waals surface area contributed by atoms with E-state index in [1.165, 1.54) is 36.3 Å². The fraction of sp³-hybridized carbons (Fsp3) is 0.545. The first-order valence-corrected chi connectivity index (χ1v) is 16.3. The third-order valence-electron chi connectivity index (χ3n) is 8.56. The maximum absolute atomic E-state index is 13.5. The summed E-state index contributed by atoms with van der Waals surface area (Å²) in [4.78, 5) is 55.5. The number of likely N-dealkylation sites (N-methyl/N-ethyl adjacent to an activating group) is 2. The normalized spacial score (nSPS) is 15.0. The summed E-state index contributed by atoms with van der Waals surface area (Å²) in [7, 11) is 2.89. The Morgan fingerprint density at radius 3 is 2.60 bits per heavy atom. The number of hydrogen-bond donors (Lipinski definition) is 1. The van der Waals surface area contributed by atoms with Gasteiger partial charge in [0.2, 0.25) is 5.91 Å². The molecule has 0 radical (unpaired) electrons. The van der Waals surface area contributed by atoms with Crippen LogP contribution in [0, 0.1) is 18.3 Å². The molecule has 0 unspecified atom stereocenters. The van der Waals surface area contributed by atoms with Gasteiger partial charge < -0.3 is 19.5 Å². The number of benzene rings is 1. The number of carbonyl (C=O) groups excluding carboxylic acids is 3. The van der Waals surface area contributed by atoms with E-state index in [9.17, 15) is 24.4 Å². The van der Waals surface area contributed by atoms with Gasteiger partial charge in [0, 0.05) is 56.0 Å². The lowest BCUT2D eigenvalue weighted by Gasteiger charge is -2.37. The Labute approximate surface area is 257 Å². The molecule has 1 aromatic carbocycles. The molecule has 10 heteroatoms. The topological polar surface area (TPSA) is 124 Å². The van der Waals surface area contributed by atoms with E-state index in [0.29, 0.717) is 17.6 Å². The van der Waals surface area contributed by atoms with Crippen LogP contribution < -0.4 is 15.8 Å². The minimum atomic E-state index is -0.972. The first-order chi connectivity index (χ1) is 20.7. The first kappa shape index (κ1) is 32.3. The van der Waals surface area contributed by atoms with Crippen LogP contribution in [0.25, 0.3) is 17.0 Å². The number of nitrogens with zero attached hydrogens (tertiary/aromatic N) is 3. The van der Waals surface area contributed by atoms with Crippen molar-refractivity contribution >= 4 is 51.4 Å². The molecule has 0 saturated heterocycles. The summed E-state index contributed by atoms with van der Waals surface area (Å²) in [6.07, 6.45) is 10.7. The minimum Gasteiger partial charge on any atom is -0.422 e. The zero-order valence-corrected chi connectivity index (χ0v) is 26.5. The summed E-state index contributed by atoms with van der Waals surface area (Å²) in [5.41, 5.74) is 3.97. The molecule has 0 aliphatic carbocycles. The van der Waals surface area contributed by atoms with Crippen molar-refractivity contribution in [3.8, 4) is 6.07 Å². The van der Waals surface area contributed by atoms with E-state index in [-0.39, 0.29) is 22.0 Å². The lowest BCUT2D eigenvalue weighted by molar-refractivity contribution is -0.134. The van der Waals surface area contributed by atoms with Crippen molar-refractivity contribution in [2.24, 2.45) is 0 Å². The van der Waals surface area contributed by atoms with Crippen LogP contribution >= 0.6 is 11.8 Å². The fourth-order valence-corrected chi connectivity index (χ4v) is 7.11. The number of nitriles is 1. The highest BCUT2D eigenvalue weighted by Crippen LogP contribution is 2.40. The van der Waals surface area contributed by atoms with Crippen LogP contribution in [-0.2, 0) is 27.2 Å². The Balaban J connectivity index is 1.58. The number of fused-ring (bicyclic) bond motifs is 2. The number of rotatable bonds is 12. The van der Waals surface area contributed by atoms with E-state index < -0.39 is 23.5 Å². The molecule has 3 heterocycles. The molecule has 0 saturated carbocycles. The van der Waals surface area contributed by atoms with Crippen LogP contribution in [0.2, 0.25) is 0 Å². The Morgan fingerprint density at radius 2 is 1.91 bits per heavy atom. The maximum Gasteiger partial charge on any atom is 0.343 e. The zero-order valence-electron chi connectivity index (χ0n) is 25.7. The van der Waals surface area contributed by atoms with Gasteiger partial charge in [-0.3, -0.25) is 14.4 Å². The highest BCUT2D eigenvalue weighted by Gasteiger charge is 2.31. The van der Waals surface area contributed by atoms with Crippen molar-refractivity contribution in [3.63, 3.8) is 0 Å². The van der Waals surface area contributed by atoms with E-state index in [2.05, 4.69) is 23.2 Å². The van der Waals surface area contributed by atoms with Crippen molar-refractivity contribution in [2.45, 2.75) is 84.1 Å². The van der Waals surface area contributed by atoms with Gasteiger partial charge in [-0.15, -0.1) is 0 Å². The first-order valence-electron chi connectivity index (χ1n) is 15.3. The molecular formula is C33H42N4O5S. The summed E-state index contributed by atoms with van der Waals surface area (Å²) in [5, 5.41) is 13.3. The Hall–Kier alpha value is -3.58. The molecule has 2 aromatic rings. The molecule has 1 atom stereocenters. The van der Waals surface area contributed by atoms with Crippen LogP contribution in [0.3, 0.4) is 0 Å². The van der Waals surface area contributed by atoms with Crippen molar-refractivity contribution in [1.29, 1.82) is 5.26 Å². The van der Waals surface area contributed by atoms with E-state index in [0.717, 1.165) is 93.6 Å². The van der Waals surface area contributed by atoms with Crippen LogP contribution in [0.15, 0.2) is 20.9 Å². The highest BCUT2D eigenvalue weighted by molar-refractivity contribution is 8.13. The van der Waals surface area contributed by atoms with Gasteiger partial charge in [0.15, 0.2) is 5.12 Å². The van der Waals surface area contributed by atoms with Gasteiger partial charge in [-0.1, -0.05) is 44.4 Å². The van der Waals surface area contributed by atoms with E-state index in [1.807, 2.05) is 13.0 Å². The van der Waals surface area contributed by atoms with Gasteiger partial charge in [0.1, 0.15) is 23.3 Å². The quantitative estimate of drug-likeness (QED) is 0.157. The van der Waals surface area contributed by atoms with Crippen LogP contribution in [0.5, 0.6) is 0 Å². The van der Waals surface area contributed by atoms with Gasteiger partial charge in [-0.2, -0.15) is 5.26 Å². The van der Waals surface area contributed by atoms with E-state index in [1.54, 1.807) is 0 Å². The van der Waals surface area contributed by atoms with E-state index >= 15 is 0 Å². The highest BCUT2D eigenvalue weighted by atomic mass is 32.2. The minimum absolute atomic E-state index is 0.0314. The van der Waals surface area contributed by atoms with Gasteiger partial charge >= 0.3 is 5.63 Å². The average molecular weight is 607 g/mol. The Kier molecular flexibility index (Phi) is 11.1. The predicted molar refractivity (Wildman–Crippen MR) is 171 cm³/mol. The summed E-state index contributed by atoms with van der Waals surface area (Å²) >= 11 is 1.02. The van der Waals surface area contributed by atoms with Crippen LogP contribution in [0.4, 0.5) is 5.69 Å². The van der Waals surface area contributed by atoms with Crippen molar-refractivity contribution in [2.75, 3.05) is 37.8 Å². The third kappa shape index (κ3) is 7.15. The number of amides is 2. The maximum atomic E-state index is 13.5. The number of hydrogen-bond acceptors (Lipinski definition) is 8. The summed E-state index contributed by atoms with van der Waals surface area (Å²) in [6.45, 7) is 5.95. The molecule has 1 aromatic heterocycles. The summed E-state index contributed by atoms with van der Waals surface area (Å²) in [5.74, 6) is -1.08. The zero-order chi connectivity index (χ0) is 31.1. The number of nitrogens with one attached hydrogen (secondary N) is 1. The lowest BCUT2D eigenvalue weighted by Crippen LogP contribution is -2.48. The van der Waals surface area contributed by atoms with Gasteiger partial charge in [-0.05, 0) is 62.3 Å².